The third-order valence-electron chi connectivity index (χ3n) is 7.14. The van der Waals surface area contributed by atoms with Crippen LogP contribution in [0.25, 0.3) is 9.75 Å². The summed E-state index contributed by atoms with van der Waals surface area (Å²) in [5.41, 5.74) is 0. The number of rotatable bonds is 13. The molecule has 1 atom stereocenters. The Balaban J connectivity index is 0.00000167. The SMILES string of the molecule is CC.CCCCCCCc1ccc(S2(CC(CC)CCCC)c3cc(C)sc3-c3sc(C)cc32)s1. The van der Waals surface area contributed by atoms with Crippen LogP contribution in [0.5, 0.6) is 0 Å². The van der Waals surface area contributed by atoms with Crippen LogP contribution in [-0.2, 0) is 6.42 Å². The molecule has 4 heteroatoms. The van der Waals surface area contributed by atoms with Crippen LogP contribution < -0.4 is 0 Å². The fraction of sp³-hybridized carbons (Fsp3) is 0.613. The molecule has 0 amide bonds. The van der Waals surface area contributed by atoms with Crippen LogP contribution in [0.4, 0.5) is 0 Å². The van der Waals surface area contributed by atoms with E-state index in [0.29, 0.717) is 0 Å². The van der Waals surface area contributed by atoms with E-state index >= 15 is 0 Å². The zero-order valence-electron chi connectivity index (χ0n) is 23.3. The van der Waals surface area contributed by atoms with Gasteiger partial charge in [0.25, 0.3) is 0 Å². The lowest BCUT2D eigenvalue weighted by atomic mass is 10.0. The van der Waals surface area contributed by atoms with E-state index in [0.717, 1.165) is 5.92 Å². The van der Waals surface area contributed by atoms with E-state index in [1.165, 1.54) is 79.7 Å². The smallest absolute Gasteiger partial charge is 0.0584 e. The quantitative estimate of drug-likeness (QED) is 0.186. The number of unbranched alkanes of at least 4 members (excludes halogenated alkanes) is 5. The Morgan fingerprint density at radius 2 is 1.34 bits per heavy atom. The van der Waals surface area contributed by atoms with Gasteiger partial charge in [0.2, 0.25) is 0 Å². The highest BCUT2D eigenvalue weighted by atomic mass is 32.3. The molecule has 3 aromatic heterocycles. The summed E-state index contributed by atoms with van der Waals surface area (Å²) >= 11 is 6.25. The number of hydrogen-bond donors (Lipinski definition) is 0. The zero-order chi connectivity index (χ0) is 25.4. The first-order valence-electron chi connectivity index (χ1n) is 14.1. The Labute approximate surface area is 229 Å². The lowest BCUT2D eigenvalue weighted by Crippen LogP contribution is -2.13. The van der Waals surface area contributed by atoms with Crippen LogP contribution in [0.2, 0.25) is 0 Å². The molecule has 0 radical (unpaired) electrons. The second kappa shape index (κ2) is 13.8. The Bertz CT molecular complexity index is 988. The first-order valence-corrected chi connectivity index (χ1v) is 18.4. The van der Waals surface area contributed by atoms with E-state index in [9.17, 15) is 0 Å². The molecule has 4 rings (SSSR count). The van der Waals surface area contributed by atoms with Gasteiger partial charge in [0.1, 0.15) is 0 Å². The maximum Gasteiger partial charge on any atom is 0.0584 e. The van der Waals surface area contributed by atoms with Gasteiger partial charge in [-0.05, 0) is 69.0 Å². The van der Waals surface area contributed by atoms with Crippen molar-refractivity contribution < 1.29 is 0 Å². The van der Waals surface area contributed by atoms with E-state index in [1.807, 2.05) is 36.5 Å². The second-order valence-corrected chi connectivity index (χ2v) is 16.9. The summed E-state index contributed by atoms with van der Waals surface area (Å²) < 4.78 is 1.69. The fourth-order valence-electron chi connectivity index (χ4n) is 5.25. The minimum Gasteiger partial charge on any atom is -0.148 e. The molecule has 3 aromatic rings. The fourth-order valence-corrected chi connectivity index (χ4v) is 15.2. The summed E-state index contributed by atoms with van der Waals surface area (Å²) in [6.45, 7) is 15.7. The molecule has 0 spiro atoms. The predicted octanol–water partition coefficient (Wildman–Crippen LogP) is 12.5. The molecular formula is C31H48S4. The van der Waals surface area contributed by atoms with Gasteiger partial charge in [-0.25, -0.2) is 0 Å². The third-order valence-corrected chi connectivity index (χ3v) is 15.6. The van der Waals surface area contributed by atoms with Crippen LogP contribution in [0, 0.1) is 19.8 Å². The molecule has 4 heterocycles. The molecule has 0 aromatic carbocycles. The summed E-state index contributed by atoms with van der Waals surface area (Å²) in [7, 11) is -1.14. The minimum absolute atomic E-state index is 0.818. The first-order chi connectivity index (χ1) is 17.0. The minimum atomic E-state index is -1.14. The molecule has 0 saturated heterocycles. The lowest BCUT2D eigenvalue weighted by Gasteiger charge is -2.39. The van der Waals surface area contributed by atoms with Crippen molar-refractivity contribution in [3.8, 4) is 9.75 Å². The molecule has 35 heavy (non-hydrogen) atoms. The topological polar surface area (TPSA) is 0 Å². The van der Waals surface area contributed by atoms with Gasteiger partial charge in [-0.1, -0.05) is 79.6 Å². The highest BCUT2D eigenvalue weighted by molar-refractivity contribution is 8.35. The monoisotopic (exact) mass is 548 g/mol. The van der Waals surface area contributed by atoms with Crippen LogP contribution in [-0.4, -0.2) is 5.75 Å². The van der Waals surface area contributed by atoms with Gasteiger partial charge in [0.15, 0.2) is 0 Å². The maximum absolute atomic E-state index is 2.58. The Morgan fingerprint density at radius 1 is 0.743 bits per heavy atom. The normalized spacial score (nSPS) is 15.3. The summed E-state index contributed by atoms with van der Waals surface area (Å²) in [6, 6.07) is 10.2. The van der Waals surface area contributed by atoms with Crippen molar-refractivity contribution >= 4 is 44.0 Å². The third kappa shape index (κ3) is 6.30. The van der Waals surface area contributed by atoms with Crippen molar-refractivity contribution in [1.82, 2.24) is 0 Å². The van der Waals surface area contributed by atoms with Crippen molar-refractivity contribution in [3.63, 3.8) is 0 Å². The molecule has 196 valence electrons. The molecule has 0 nitrogen and oxygen atoms in total. The van der Waals surface area contributed by atoms with E-state index in [2.05, 4.69) is 70.2 Å². The van der Waals surface area contributed by atoms with Crippen LogP contribution in [0.15, 0.2) is 38.3 Å². The Morgan fingerprint density at radius 3 is 1.91 bits per heavy atom. The van der Waals surface area contributed by atoms with E-state index < -0.39 is 10.0 Å². The van der Waals surface area contributed by atoms with Crippen molar-refractivity contribution in [2.45, 2.75) is 127 Å². The Kier molecular flexibility index (Phi) is 11.5. The number of hydrogen-bond acceptors (Lipinski definition) is 3. The summed E-state index contributed by atoms with van der Waals surface area (Å²) in [5, 5.41) is 0. The molecule has 1 unspecified atom stereocenters. The van der Waals surface area contributed by atoms with Gasteiger partial charge < -0.3 is 0 Å². The highest BCUT2D eigenvalue weighted by Crippen LogP contribution is 2.80. The molecule has 1 aliphatic heterocycles. The van der Waals surface area contributed by atoms with Crippen LogP contribution in [0.1, 0.15) is 107 Å². The van der Waals surface area contributed by atoms with Gasteiger partial charge in [-0.3, -0.25) is 0 Å². The largest absolute Gasteiger partial charge is 0.148 e. The standard InChI is InChI=1S/C29H42S4.C2H6/c1-6-9-11-12-13-15-24-16-17-27(32-24)33(20-23(8-3)14-10-7-2)25-18-21(4)30-28(25)29-26(33)19-22(5)31-29;1-2/h16-19,23H,6-15,20H2,1-5H3;1-2H3. The summed E-state index contributed by atoms with van der Waals surface area (Å²) in [6.07, 6.45) is 13.5. The van der Waals surface area contributed by atoms with E-state index in [4.69, 9.17) is 0 Å². The lowest BCUT2D eigenvalue weighted by molar-refractivity contribution is 0.497. The molecule has 1 aliphatic rings. The number of aryl methyl sites for hydroxylation is 3. The molecule has 0 fully saturated rings. The Hall–Kier alpha value is -0.550. The first kappa shape index (κ1) is 29.0. The van der Waals surface area contributed by atoms with Crippen molar-refractivity contribution in [2.24, 2.45) is 5.92 Å². The molecule has 0 N–H and O–H groups in total. The van der Waals surface area contributed by atoms with E-state index in [1.54, 1.807) is 28.6 Å². The maximum atomic E-state index is 2.58. The van der Waals surface area contributed by atoms with Gasteiger partial charge in [-0.15, -0.1) is 44.0 Å². The van der Waals surface area contributed by atoms with E-state index in [-0.39, 0.29) is 0 Å². The second-order valence-electron chi connectivity index (χ2n) is 9.81. The molecule has 0 aliphatic carbocycles. The van der Waals surface area contributed by atoms with Crippen molar-refractivity contribution in [1.29, 1.82) is 0 Å². The zero-order valence-corrected chi connectivity index (χ0v) is 26.6. The van der Waals surface area contributed by atoms with Crippen LogP contribution in [0.3, 0.4) is 0 Å². The number of fused-ring (bicyclic) bond motifs is 3. The molecular weight excluding hydrogens is 501 g/mol. The van der Waals surface area contributed by atoms with Gasteiger partial charge >= 0.3 is 0 Å². The van der Waals surface area contributed by atoms with Crippen molar-refractivity contribution in [2.75, 3.05) is 5.75 Å². The van der Waals surface area contributed by atoms with Crippen molar-refractivity contribution in [3.05, 3.63) is 38.9 Å². The molecule has 0 saturated carbocycles. The van der Waals surface area contributed by atoms with Gasteiger partial charge in [0, 0.05) is 24.4 Å². The summed E-state index contributed by atoms with van der Waals surface area (Å²) in [5.74, 6) is 2.17. The van der Waals surface area contributed by atoms with Gasteiger partial charge in [0.05, 0.1) is 14.0 Å². The average Bonchev–Trinajstić information content (AvgIpc) is 3.62. The number of thiophene rings is 3. The molecule has 0 bridgehead atoms. The summed E-state index contributed by atoms with van der Waals surface area (Å²) in [4.78, 5) is 11.2. The van der Waals surface area contributed by atoms with Gasteiger partial charge in [-0.2, -0.15) is 0 Å². The highest BCUT2D eigenvalue weighted by Gasteiger charge is 2.45. The predicted molar refractivity (Wildman–Crippen MR) is 166 cm³/mol. The average molecular weight is 549 g/mol. The van der Waals surface area contributed by atoms with Crippen LogP contribution >= 0.6 is 44.0 Å².